The van der Waals surface area contributed by atoms with Crippen molar-refractivity contribution in [1.82, 2.24) is 5.32 Å². The molecule has 0 rings (SSSR count). The van der Waals surface area contributed by atoms with Gasteiger partial charge >= 0.3 is 5.97 Å². The van der Waals surface area contributed by atoms with Crippen LogP contribution in [0.15, 0.2) is 0 Å². The van der Waals surface area contributed by atoms with Crippen molar-refractivity contribution in [2.45, 2.75) is 25.8 Å². The van der Waals surface area contributed by atoms with E-state index < -0.39 is 5.97 Å². The smallest absolute Gasteiger partial charge is 0.303 e. The molecule has 0 unspecified atom stereocenters. The molecule has 2 N–H and O–H groups in total. The Morgan fingerprint density at radius 1 is 1.55 bits per heavy atom. The standard InChI is InChI=1S/C7H13NO3/c1-5(9)6(8-2)3-4-7(10)11/h6,8H,3-4H2,1-2H3,(H,10,11)/t6-/m0/s1. The molecule has 0 aromatic rings. The van der Waals surface area contributed by atoms with Gasteiger partial charge in [0.1, 0.15) is 5.78 Å². The summed E-state index contributed by atoms with van der Waals surface area (Å²) < 4.78 is 0. The number of carboxylic acids is 1. The number of Topliss-reactive ketones (excluding diaryl/α,β-unsaturated/α-hetero) is 1. The van der Waals surface area contributed by atoms with Crippen molar-refractivity contribution >= 4 is 11.8 Å². The van der Waals surface area contributed by atoms with Crippen LogP contribution in [0.5, 0.6) is 0 Å². The third-order valence-corrected chi connectivity index (χ3v) is 1.49. The summed E-state index contributed by atoms with van der Waals surface area (Å²) in [4.78, 5) is 20.8. The summed E-state index contributed by atoms with van der Waals surface area (Å²) in [7, 11) is 1.65. The van der Waals surface area contributed by atoms with Crippen molar-refractivity contribution in [2.75, 3.05) is 7.05 Å². The van der Waals surface area contributed by atoms with Gasteiger partial charge in [0.15, 0.2) is 0 Å². The first-order valence-electron chi connectivity index (χ1n) is 3.47. The van der Waals surface area contributed by atoms with E-state index in [0.717, 1.165) is 0 Å². The summed E-state index contributed by atoms with van der Waals surface area (Å²) in [5.74, 6) is -0.889. The maximum Gasteiger partial charge on any atom is 0.303 e. The van der Waals surface area contributed by atoms with Gasteiger partial charge < -0.3 is 10.4 Å². The Labute approximate surface area is 65.6 Å². The average molecular weight is 159 g/mol. The lowest BCUT2D eigenvalue weighted by molar-refractivity contribution is -0.137. The van der Waals surface area contributed by atoms with Crippen LogP contribution in [-0.2, 0) is 9.59 Å². The molecule has 4 nitrogen and oxygen atoms in total. The Morgan fingerprint density at radius 2 is 2.09 bits per heavy atom. The van der Waals surface area contributed by atoms with Crippen LogP contribution in [-0.4, -0.2) is 29.9 Å². The van der Waals surface area contributed by atoms with E-state index in [1.165, 1.54) is 6.92 Å². The monoisotopic (exact) mass is 159 g/mol. The summed E-state index contributed by atoms with van der Waals surface area (Å²) in [5, 5.41) is 11.0. The number of likely N-dealkylation sites (N-methyl/N-ethyl adjacent to an activating group) is 1. The third kappa shape index (κ3) is 4.50. The molecule has 0 amide bonds. The molecule has 0 aromatic heterocycles. The van der Waals surface area contributed by atoms with Crippen molar-refractivity contribution in [1.29, 1.82) is 0 Å². The van der Waals surface area contributed by atoms with Crippen LogP contribution >= 0.6 is 0 Å². The van der Waals surface area contributed by atoms with Crippen molar-refractivity contribution in [3.63, 3.8) is 0 Å². The van der Waals surface area contributed by atoms with E-state index >= 15 is 0 Å². The van der Waals surface area contributed by atoms with Gasteiger partial charge in [0.25, 0.3) is 0 Å². The molecule has 0 aliphatic rings. The van der Waals surface area contributed by atoms with Crippen LogP contribution in [0.3, 0.4) is 0 Å². The number of rotatable bonds is 5. The van der Waals surface area contributed by atoms with E-state index in [9.17, 15) is 9.59 Å². The Kier molecular flexibility index (Phi) is 4.45. The van der Waals surface area contributed by atoms with Gasteiger partial charge in [-0.2, -0.15) is 0 Å². The van der Waals surface area contributed by atoms with Crippen LogP contribution in [0.1, 0.15) is 19.8 Å². The Hall–Kier alpha value is -0.900. The van der Waals surface area contributed by atoms with Crippen molar-refractivity contribution in [2.24, 2.45) is 0 Å². The highest BCUT2D eigenvalue weighted by molar-refractivity contribution is 5.82. The maximum atomic E-state index is 10.7. The summed E-state index contributed by atoms with van der Waals surface area (Å²) >= 11 is 0. The van der Waals surface area contributed by atoms with Crippen LogP contribution in [0.4, 0.5) is 0 Å². The summed E-state index contributed by atoms with van der Waals surface area (Å²) in [6.45, 7) is 1.45. The van der Waals surface area contributed by atoms with Crippen LogP contribution in [0, 0.1) is 0 Å². The van der Waals surface area contributed by atoms with Gasteiger partial charge in [-0.05, 0) is 20.4 Å². The Morgan fingerprint density at radius 3 is 2.36 bits per heavy atom. The number of ketones is 1. The van der Waals surface area contributed by atoms with E-state index in [2.05, 4.69) is 5.32 Å². The zero-order valence-corrected chi connectivity index (χ0v) is 6.76. The van der Waals surface area contributed by atoms with Crippen LogP contribution in [0.25, 0.3) is 0 Å². The first kappa shape index (κ1) is 10.1. The van der Waals surface area contributed by atoms with E-state index in [4.69, 9.17) is 5.11 Å². The molecule has 0 fully saturated rings. The van der Waals surface area contributed by atoms with Crippen molar-refractivity contribution in [3.05, 3.63) is 0 Å². The zero-order chi connectivity index (χ0) is 8.85. The van der Waals surface area contributed by atoms with E-state index in [1.54, 1.807) is 7.05 Å². The number of hydrogen-bond acceptors (Lipinski definition) is 3. The zero-order valence-electron chi connectivity index (χ0n) is 6.76. The molecule has 1 atom stereocenters. The van der Waals surface area contributed by atoms with Gasteiger partial charge in [0.2, 0.25) is 0 Å². The number of carbonyl (C=O) groups excluding carboxylic acids is 1. The lowest BCUT2D eigenvalue weighted by Gasteiger charge is -2.09. The quantitative estimate of drug-likeness (QED) is 0.594. The predicted molar refractivity (Wildman–Crippen MR) is 40.4 cm³/mol. The van der Waals surface area contributed by atoms with Gasteiger partial charge in [0.05, 0.1) is 6.04 Å². The highest BCUT2D eigenvalue weighted by Crippen LogP contribution is 1.97. The minimum atomic E-state index is -0.869. The van der Waals surface area contributed by atoms with Gasteiger partial charge in [-0.3, -0.25) is 9.59 Å². The Balaban J connectivity index is 3.70. The maximum absolute atomic E-state index is 10.7. The molecule has 4 heteroatoms. The van der Waals surface area contributed by atoms with Crippen molar-refractivity contribution in [3.8, 4) is 0 Å². The fraction of sp³-hybridized carbons (Fsp3) is 0.714. The molecule has 11 heavy (non-hydrogen) atoms. The number of aliphatic carboxylic acids is 1. The van der Waals surface area contributed by atoms with Crippen molar-refractivity contribution < 1.29 is 14.7 Å². The molecule has 0 saturated heterocycles. The first-order chi connectivity index (χ1) is 5.07. The molecule has 64 valence electrons. The predicted octanol–water partition coefficient (Wildman–Crippen LogP) is 0.0282. The summed E-state index contributed by atoms with van der Waals surface area (Å²) in [6, 6.07) is -0.314. The molecule has 0 aliphatic carbocycles. The average Bonchev–Trinajstić information content (AvgIpc) is 1.87. The lowest BCUT2D eigenvalue weighted by atomic mass is 10.1. The van der Waals surface area contributed by atoms with Gasteiger partial charge in [-0.1, -0.05) is 0 Å². The molecule has 0 aliphatic heterocycles. The molecule has 0 bridgehead atoms. The van der Waals surface area contributed by atoms with Crippen LogP contribution in [0.2, 0.25) is 0 Å². The number of hydrogen-bond donors (Lipinski definition) is 2. The third-order valence-electron chi connectivity index (χ3n) is 1.49. The molecule has 0 saturated carbocycles. The second-order valence-corrected chi connectivity index (χ2v) is 2.38. The minimum absolute atomic E-state index is 0.0197. The highest BCUT2D eigenvalue weighted by Gasteiger charge is 2.12. The molecule has 0 heterocycles. The SMILES string of the molecule is CN[C@@H](CCC(=O)O)C(C)=O. The topological polar surface area (TPSA) is 66.4 Å². The Bertz CT molecular complexity index is 156. The lowest BCUT2D eigenvalue weighted by Crippen LogP contribution is -2.32. The first-order valence-corrected chi connectivity index (χ1v) is 3.47. The van der Waals surface area contributed by atoms with Gasteiger partial charge in [-0.15, -0.1) is 0 Å². The normalized spacial score (nSPS) is 12.5. The number of carboxylic acid groups (broad SMARTS) is 1. The molecule has 0 radical (unpaired) electrons. The fourth-order valence-electron chi connectivity index (χ4n) is 0.819. The van der Waals surface area contributed by atoms with Gasteiger partial charge in [-0.25, -0.2) is 0 Å². The largest absolute Gasteiger partial charge is 0.481 e. The minimum Gasteiger partial charge on any atom is -0.481 e. The molecular weight excluding hydrogens is 146 g/mol. The molecular formula is C7H13NO3. The second kappa shape index (κ2) is 4.85. The second-order valence-electron chi connectivity index (χ2n) is 2.38. The van der Waals surface area contributed by atoms with Crippen LogP contribution < -0.4 is 5.32 Å². The van der Waals surface area contributed by atoms with E-state index in [0.29, 0.717) is 6.42 Å². The highest BCUT2D eigenvalue weighted by atomic mass is 16.4. The number of nitrogens with one attached hydrogen (secondary N) is 1. The van der Waals surface area contributed by atoms with Gasteiger partial charge in [0, 0.05) is 6.42 Å². The summed E-state index contributed by atoms with van der Waals surface area (Å²) in [5.41, 5.74) is 0. The molecule has 0 aromatic carbocycles. The summed E-state index contributed by atoms with van der Waals surface area (Å²) in [6.07, 6.45) is 0.395. The number of carbonyl (C=O) groups is 2. The molecule has 0 spiro atoms. The van der Waals surface area contributed by atoms with E-state index in [-0.39, 0.29) is 18.2 Å². The van der Waals surface area contributed by atoms with E-state index in [1.807, 2.05) is 0 Å². The fourth-order valence-corrected chi connectivity index (χ4v) is 0.819.